The van der Waals surface area contributed by atoms with E-state index in [2.05, 4.69) is 0 Å². The van der Waals surface area contributed by atoms with Crippen molar-refractivity contribution in [2.24, 2.45) is 0 Å². The third-order valence-corrected chi connectivity index (χ3v) is 2.36. The van der Waals surface area contributed by atoms with Crippen LogP contribution < -0.4 is 5.32 Å². The fourth-order valence-electron chi connectivity index (χ4n) is 1.43. The monoisotopic (exact) mass is 306 g/mol. The van der Waals surface area contributed by atoms with Gasteiger partial charge in [0.05, 0.1) is 11.3 Å². The smallest absolute Gasteiger partial charge is 0.391 e. The Bertz CT molecular complexity index is 573. The topological polar surface area (TPSA) is 110 Å². The predicted octanol–water partition coefficient (Wildman–Crippen LogP) is 1.73. The number of nitrogens with zero attached hydrogens (tertiary/aromatic N) is 1. The lowest BCUT2D eigenvalue weighted by Crippen LogP contribution is -2.43. The molecule has 1 atom stereocenters. The Balaban J connectivity index is 2.90. The van der Waals surface area contributed by atoms with Gasteiger partial charge in [-0.15, -0.1) is 0 Å². The summed E-state index contributed by atoms with van der Waals surface area (Å²) >= 11 is 0. The van der Waals surface area contributed by atoms with Crippen LogP contribution in [0.25, 0.3) is 0 Å². The summed E-state index contributed by atoms with van der Waals surface area (Å²) in [4.78, 5) is 32.1. The molecule has 0 heterocycles. The highest BCUT2D eigenvalue weighted by Crippen LogP contribution is 2.22. The first-order valence-electron chi connectivity index (χ1n) is 5.45. The molecule has 0 bridgehead atoms. The third kappa shape index (κ3) is 5.09. The summed E-state index contributed by atoms with van der Waals surface area (Å²) in [6.45, 7) is 0. The lowest BCUT2D eigenvalue weighted by Gasteiger charge is -2.16. The number of carboxylic acids is 1. The van der Waals surface area contributed by atoms with E-state index in [9.17, 15) is 32.9 Å². The van der Waals surface area contributed by atoms with E-state index in [1.807, 2.05) is 0 Å². The molecule has 0 aliphatic heterocycles. The number of amides is 1. The van der Waals surface area contributed by atoms with E-state index in [0.717, 1.165) is 24.3 Å². The number of carbonyl (C=O) groups excluding carboxylic acids is 1. The highest BCUT2D eigenvalue weighted by atomic mass is 19.4. The second-order valence-corrected chi connectivity index (χ2v) is 3.99. The van der Waals surface area contributed by atoms with E-state index in [-0.39, 0.29) is 5.56 Å². The van der Waals surface area contributed by atoms with Gasteiger partial charge in [0.1, 0.15) is 6.04 Å². The van der Waals surface area contributed by atoms with Gasteiger partial charge in [0, 0.05) is 17.7 Å². The van der Waals surface area contributed by atoms with Crippen molar-refractivity contribution >= 4 is 17.6 Å². The van der Waals surface area contributed by atoms with Gasteiger partial charge in [-0.25, -0.2) is 4.79 Å². The van der Waals surface area contributed by atoms with Crippen molar-refractivity contribution in [3.63, 3.8) is 0 Å². The Morgan fingerprint density at radius 3 is 2.48 bits per heavy atom. The Labute approximate surface area is 115 Å². The standard InChI is InChI=1S/C11H9F3N2O5/c12-11(13,14)5-8(10(18)19)15-9(17)6-2-1-3-7(4-6)16(20)21/h1-4,8H,5H2,(H,15,17)(H,18,19). The van der Waals surface area contributed by atoms with Gasteiger partial charge in [-0.2, -0.15) is 13.2 Å². The molecule has 7 nitrogen and oxygen atoms in total. The van der Waals surface area contributed by atoms with E-state index in [0.29, 0.717) is 0 Å². The normalized spacial score (nSPS) is 12.5. The van der Waals surface area contributed by atoms with Gasteiger partial charge in [0.15, 0.2) is 0 Å². The maximum atomic E-state index is 12.2. The lowest BCUT2D eigenvalue weighted by atomic mass is 10.1. The van der Waals surface area contributed by atoms with Crippen molar-refractivity contribution in [3.8, 4) is 0 Å². The number of alkyl halides is 3. The third-order valence-electron chi connectivity index (χ3n) is 2.36. The molecule has 1 rings (SSSR count). The van der Waals surface area contributed by atoms with E-state index >= 15 is 0 Å². The van der Waals surface area contributed by atoms with Crippen LogP contribution in [0, 0.1) is 10.1 Å². The minimum atomic E-state index is -4.78. The number of carboxylic acid groups (broad SMARTS) is 1. The van der Waals surface area contributed by atoms with Gasteiger partial charge in [-0.05, 0) is 6.07 Å². The molecular weight excluding hydrogens is 297 g/mol. The molecular formula is C11H9F3N2O5. The largest absolute Gasteiger partial charge is 0.480 e. The van der Waals surface area contributed by atoms with Crippen LogP contribution in [0.2, 0.25) is 0 Å². The van der Waals surface area contributed by atoms with Crippen molar-refractivity contribution in [1.82, 2.24) is 5.32 Å². The molecule has 0 saturated carbocycles. The molecule has 0 aliphatic carbocycles. The summed E-state index contributed by atoms with van der Waals surface area (Å²) in [7, 11) is 0. The molecule has 1 aromatic carbocycles. The molecule has 0 radical (unpaired) electrons. The number of rotatable bonds is 5. The molecule has 0 aliphatic rings. The van der Waals surface area contributed by atoms with Crippen LogP contribution >= 0.6 is 0 Å². The summed E-state index contributed by atoms with van der Waals surface area (Å²) in [6.07, 6.45) is -6.53. The molecule has 0 saturated heterocycles. The molecule has 1 unspecified atom stereocenters. The summed E-state index contributed by atoms with van der Waals surface area (Å²) in [5.41, 5.74) is -0.747. The Kier molecular flexibility index (Phi) is 4.84. The molecule has 21 heavy (non-hydrogen) atoms. The SMILES string of the molecule is O=C(NC(CC(F)(F)F)C(=O)O)c1cccc([N+](=O)[O-])c1. The zero-order valence-corrected chi connectivity index (χ0v) is 10.3. The number of nitro benzene ring substituents is 1. The number of non-ortho nitro benzene ring substituents is 1. The zero-order chi connectivity index (χ0) is 16.2. The van der Waals surface area contributed by atoms with E-state index in [4.69, 9.17) is 5.11 Å². The van der Waals surface area contributed by atoms with E-state index in [1.165, 1.54) is 0 Å². The van der Waals surface area contributed by atoms with Gasteiger partial charge >= 0.3 is 12.1 Å². The van der Waals surface area contributed by atoms with Crippen LogP contribution in [0.5, 0.6) is 0 Å². The summed E-state index contributed by atoms with van der Waals surface area (Å²) in [5, 5.41) is 20.9. The fourth-order valence-corrected chi connectivity index (χ4v) is 1.43. The van der Waals surface area contributed by atoms with Crippen molar-refractivity contribution in [2.45, 2.75) is 18.6 Å². The fraction of sp³-hybridized carbons (Fsp3) is 0.273. The van der Waals surface area contributed by atoms with Crippen molar-refractivity contribution in [2.75, 3.05) is 0 Å². The molecule has 114 valence electrons. The quantitative estimate of drug-likeness (QED) is 0.636. The highest BCUT2D eigenvalue weighted by molar-refractivity contribution is 5.97. The number of nitrogens with one attached hydrogen (secondary N) is 1. The van der Waals surface area contributed by atoms with Crippen LogP contribution in [-0.2, 0) is 4.79 Å². The maximum absolute atomic E-state index is 12.2. The summed E-state index contributed by atoms with van der Waals surface area (Å²) in [5.74, 6) is -3.00. The number of aliphatic carboxylic acids is 1. The summed E-state index contributed by atoms with van der Waals surface area (Å²) < 4.78 is 36.6. The highest BCUT2D eigenvalue weighted by Gasteiger charge is 2.36. The van der Waals surface area contributed by atoms with Gasteiger partial charge in [0.2, 0.25) is 0 Å². The second kappa shape index (κ2) is 6.20. The van der Waals surface area contributed by atoms with E-state index in [1.54, 1.807) is 5.32 Å². The number of benzene rings is 1. The first-order valence-corrected chi connectivity index (χ1v) is 5.45. The van der Waals surface area contributed by atoms with Gasteiger partial charge in [-0.3, -0.25) is 14.9 Å². The minimum absolute atomic E-state index is 0.308. The van der Waals surface area contributed by atoms with Crippen LogP contribution in [0.3, 0.4) is 0 Å². The molecule has 0 aromatic heterocycles. The van der Waals surface area contributed by atoms with Crippen LogP contribution in [0.15, 0.2) is 24.3 Å². The van der Waals surface area contributed by atoms with Crippen molar-refractivity contribution in [3.05, 3.63) is 39.9 Å². The van der Waals surface area contributed by atoms with Crippen molar-refractivity contribution < 1.29 is 32.8 Å². The molecule has 0 fully saturated rings. The minimum Gasteiger partial charge on any atom is -0.480 e. The van der Waals surface area contributed by atoms with Crippen LogP contribution in [0.1, 0.15) is 16.8 Å². The number of hydrogen-bond acceptors (Lipinski definition) is 4. The van der Waals surface area contributed by atoms with Gasteiger partial charge in [0.25, 0.3) is 11.6 Å². The number of halogens is 3. The molecule has 1 aromatic rings. The Hall–Kier alpha value is -2.65. The van der Waals surface area contributed by atoms with Crippen LogP contribution in [0.4, 0.5) is 18.9 Å². The number of nitro groups is 1. The summed E-state index contributed by atoms with van der Waals surface area (Å²) in [6, 6.07) is 2.03. The number of carbonyl (C=O) groups is 2. The second-order valence-electron chi connectivity index (χ2n) is 3.99. The zero-order valence-electron chi connectivity index (χ0n) is 10.3. The molecule has 0 spiro atoms. The molecule has 1 amide bonds. The number of hydrogen-bond donors (Lipinski definition) is 2. The predicted molar refractivity (Wildman–Crippen MR) is 62.7 cm³/mol. The van der Waals surface area contributed by atoms with Gasteiger partial charge in [-0.1, -0.05) is 6.07 Å². The van der Waals surface area contributed by atoms with Gasteiger partial charge < -0.3 is 10.4 Å². The first kappa shape index (κ1) is 16.4. The maximum Gasteiger partial charge on any atom is 0.391 e. The van der Waals surface area contributed by atoms with Crippen molar-refractivity contribution in [1.29, 1.82) is 0 Å². The lowest BCUT2D eigenvalue weighted by molar-refractivity contribution is -0.384. The first-order chi connectivity index (χ1) is 9.60. The average molecular weight is 306 g/mol. The van der Waals surface area contributed by atoms with E-state index < -0.39 is 41.1 Å². The van der Waals surface area contributed by atoms with Crippen LogP contribution in [-0.4, -0.2) is 34.1 Å². The Morgan fingerprint density at radius 2 is 2.00 bits per heavy atom. The molecule has 2 N–H and O–H groups in total. The Morgan fingerprint density at radius 1 is 1.38 bits per heavy atom. The average Bonchev–Trinajstić information content (AvgIpc) is 2.36. The molecule has 10 heteroatoms.